The summed E-state index contributed by atoms with van der Waals surface area (Å²) in [5, 5.41) is 20.7. The molecule has 2 rings (SSSR count). The van der Waals surface area contributed by atoms with Gasteiger partial charge in [-0.2, -0.15) is 9.57 Å². The molecule has 45 heavy (non-hydrogen) atoms. The van der Waals surface area contributed by atoms with E-state index in [1.165, 1.54) is 28.8 Å². The van der Waals surface area contributed by atoms with Gasteiger partial charge < -0.3 is 20.0 Å². The first kappa shape index (κ1) is 36.6. The smallest absolute Gasteiger partial charge is 0.330 e. The first-order valence-corrected chi connectivity index (χ1v) is 16.0. The van der Waals surface area contributed by atoms with Gasteiger partial charge in [0.05, 0.1) is 10.6 Å². The molecule has 0 aliphatic heterocycles. The number of carbonyl (C=O) groups is 2. The van der Waals surface area contributed by atoms with Crippen LogP contribution in [0.25, 0.3) is 0 Å². The number of aromatic nitrogens is 1. The maximum absolute atomic E-state index is 13.4. The average molecular weight is 644 g/mol. The van der Waals surface area contributed by atoms with Crippen molar-refractivity contribution >= 4 is 33.3 Å². The predicted octanol–water partition coefficient (Wildman–Crippen LogP) is 3.84. The molecular formula is C31H41N5O8S. The Labute approximate surface area is 263 Å². The summed E-state index contributed by atoms with van der Waals surface area (Å²) >= 11 is 0. The van der Waals surface area contributed by atoms with Gasteiger partial charge in [-0.05, 0) is 43.5 Å². The third-order valence-corrected chi connectivity index (χ3v) is 9.02. The minimum absolute atomic E-state index is 0.0878. The molecular weight excluding hydrogens is 602 g/mol. The Morgan fingerprint density at radius 1 is 1.09 bits per heavy atom. The maximum atomic E-state index is 13.4. The number of nitrogens with one attached hydrogen (secondary N) is 2. The molecule has 2 aromatic rings. The van der Waals surface area contributed by atoms with Gasteiger partial charge in [0.15, 0.2) is 0 Å². The van der Waals surface area contributed by atoms with Crippen LogP contribution in [0.15, 0.2) is 59.3 Å². The molecule has 1 atom stereocenters. The second-order valence-electron chi connectivity index (χ2n) is 10.1. The molecule has 3 N–H and O–H groups in total. The van der Waals surface area contributed by atoms with Crippen molar-refractivity contribution in [1.29, 1.82) is 5.26 Å². The van der Waals surface area contributed by atoms with Crippen molar-refractivity contribution in [3.05, 3.63) is 71.1 Å². The number of anilines is 2. The van der Waals surface area contributed by atoms with Crippen LogP contribution >= 0.6 is 0 Å². The third kappa shape index (κ3) is 9.95. The molecule has 244 valence electrons. The number of ether oxygens (including phenoxy) is 2. The van der Waals surface area contributed by atoms with E-state index in [1.807, 2.05) is 13.0 Å². The van der Waals surface area contributed by atoms with E-state index < -0.39 is 27.5 Å². The van der Waals surface area contributed by atoms with Crippen LogP contribution in [0.3, 0.4) is 0 Å². The lowest BCUT2D eigenvalue weighted by Crippen LogP contribution is -2.37. The van der Waals surface area contributed by atoms with E-state index in [-0.39, 0.29) is 66.4 Å². The summed E-state index contributed by atoms with van der Waals surface area (Å²) in [6.45, 7) is 11.6. The number of esters is 2. The zero-order valence-electron chi connectivity index (χ0n) is 25.9. The number of unbranched alkanes of at least 4 members (excludes halogenated alkanes) is 1. The zero-order valence-corrected chi connectivity index (χ0v) is 26.7. The van der Waals surface area contributed by atoms with Crippen molar-refractivity contribution in [1.82, 2.24) is 8.87 Å². The van der Waals surface area contributed by atoms with Crippen molar-refractivity contribution in [2.24, 2.45) is 5.92 Å². The van der Waals surface area contributed by atoms with Crippen LogP contribution in [0.5, 0.6) is 5.88 Å². The molecule has 0 radical (unpaired) electrons. The SMILES string of the molecule is C=CC(=O)OCCN(CCOC(=O)C=C)S(=O)(=O)c1ccc(NNc2c(C)c(C#N)c(=O)n(CC(CC)CCCC)c2O)cc1. The third-order valence-electron chi connectivity index (χ3n) is 7.11. The average Bonchev–Trinajstić information content (AvgIpc) is 3.03. The summed E-state index contributed by atoms with van der Waals surface area (Å²) in [6, 6.07) is 7.56. The Kier molecular flexibility index (Phi) is 14.3. The molecule has 1 unspecified atom stereocenters. The molecule has 13 nitrogen and oxygen atoms in total. The predicted molar refractivity (Wildman–Crippen MR) is 170 cm³/mol. The summed E-state index contributed by atoms with van der Waals surface area (Å²) in [4.78, 5) is 35.8. The number of benzene rings is 1. The number of carbonyl (C=O) groups excluding carboxylic acids is 2. The van der Waals surface area contributed by atoms with Crippen molar-refractivity contribution in [3.8, 4) is 11.9 Å². The number of nitriles is 1. The van der Waals surface area contributed by atoms with Crippen LogP contribution in [-0.2, 0) is 35.6 Å². The number of pyridine rings is 1. The molecule has 0 spiro atoms. The van der Waals surface area contributed by atoms with Crippen molar-refractivity contribution in [2.45, 2.75) is 57.9 Å². The highest BCUT2D eigenvalue weighted by atomic mass is 32.2. The topological polar surface area (TPSA) is 180 Å². The van der Waals surface area contributed by atoms with E-state index in [2.05, 4.69) is 30.9 Å². The lowest BCUT2D eigenvalue weighted by molar-refractivity contribution is -0.137. The van der Waals surface area contributed by atoms with E-state index in [4.69, 9.17) is 9.47 Å². The minimum Gasteiger partial charge on any atom is -0.493 e. The van der Waals surface area contributed by atoms with Crippen LogP contribution in [-0.4, -0.2) is 60.6 Å². The molecule has 0 fully saturated rings. The van der Waals surface area contributed by atoms with E-state index in [0.717, 1.165) is 42.1 Å². The number of nitrogens with zero attached hydrogens (tertiary/aromatic N) is 3. The zero-order chi connectivity index (χ0) is 33.6. The highest BCUT2D eigenvalue weighted by Crippen LogP contribution is 2.29. The van der Waals surface area contributed by atoms with E-state index >= 15 is 0 Å². The second-order valence-corrected chi connectivity index (χ2v) is 12.0. The van der Waals surface area contributed by atoms with Crippen molar-refractivity contribution < 1.29 is 32.6 Å². The number of sulfonamides is 1. The molecule has 1 aromatic carbocycles. The Morgan fingerprint density at radius 3 is 2.16 bits per heavy atom. The lowest BCUT2D eigenvalue weighted by Gasteiger charge is -2.22. The van der Waals surface area contributed by atoms with Crippen LogP contribution < -0.4 is 16.4 Å². The Hall–Kier alpha value is -4.61. The van der Waals surface area contributed by atoms with Gasteiger partial charge in [0, 0.05) is 37.3 Å². The monoisotopic (exact) mass is 643 g/mol. The molecule has 1 aromatic heterocycles. The van der Waals surface area contributed by atoms with E-state index in [0.29, 0.717) is 5.69 Å². The van der Waals surface area contributed by atoms with Crippen molar-refractivity contribution in [2.75, 3.05) is 37.2 Å². The number of aromatic hydroxyl groups is 1. The maximum Gasteiger partial charge on any atom is 0.330 e. The lowest BCUT2D eigenvalue weighted by atomic mass is 9.99. The number of hydrogen-bond donors (Lipinski definition) is 3. The van der Waals surface area contributed by atoms with Gasteiger partial charge in [0.25, 0.3) is 5.56 Å². The number of rotatable bonds is 19. The van der Waals surface area contributed by atoms with Crippen LogP contribution in [0.4, 0.5) is 11.4 Å². The van der Waals surface area contributed by atoms with Crippen LogP contribution in [0.2, 0.25) is 0 Å². The van der Waals surface area contributed by atoms with Gasteiger partial charge in [-0.15, -0.1) is 0 Å². The molecule has 0 bridgehead atoms. The van der Waals surface area contributed by atoms with Crippen LogP contribution in [0, 0.1) is 24.2 Å². The van der Waals surface area contributed by atoms with E-state index in [9.17, 15) is 33.2 Å². The van der Waals surface area contributed by atoms with Gasteiger partial charge in [0.1, 0.15) is 30.5 Å². The normalized spacial score (nSPS) is 11.7. The summed E-state index contributed by atoms with van der Waals surface area (Å²) in [5.74, 6) is -1.61. The van der Waals surface area contributed by atoms with Gasteiger partial charge in [-0.25, -0.2) is 18.0 Å². The number of hydrogen-bond acceptors (Lipinski definition) is 11. The highest BCUT2D eigenvalue weighted by Gasteiger charge is 2.25. The Balaban J connectivity index is 2.28. The summed E-state index contributed by atoms with van der Waals surface area (Å²) < 4.78 is 38.9. The van der Waals surface area contributed by atoms with E-state index in [1.54, 1.807) is 6.92 Å². The first-order chi connectivity index (χ1) is 21.4. The van der Waals surface area contributed by atoms with Gasteiger partial charge in [-0.3, -0.25) is 14.8 Å². The fourth-order valence-corrected chi connectivity index (χ4v) is 5.81. The molecule has 1 heterocycles. The molecule has 14 heteroatoms. The Bertz CT molecular complexity index is 1540. The summed E-state index contributed by atoms with van der Waals surface area (Å²) in [6.07, 6.45) is 5.57. The fourth-order valence-electron chi connectivity index (χ4n) is 4.41. The Morgan fingerprint density at radius 2 is 1.67 bits per heavy atom. The standard InChI is InChI=1S/C31H41N5O8S/c1-6-10-11-23(7-2)21-36-30(39)26(20-32)22(5)29(31(36)40)34-33-24-12-14-25(15-13-24)45(41,42)35(16-18-43-27(37)8-3)17-19-44-28(38)9-4/h8-9,12-15,23,33-34,40H,3-4,6-7,10-11,16-19,21H2,1-2,5H3. The van der Waals surface area contributed by atoms with Gasteiger partial charge >= 0.3 is 11.9 Å². The molecule has 0 aliphatic carbocycles. The largest absolute Gasteiger partial charge is 0.493 e. The molecule has 0 saturated carbocycles. The fraction of sp³-hybridized carbons (Fsp3) is 0.419. The van der Waals surface area contributed by atoms with Crippen LogP contribution in [0.1, 0.15) is 50.7 Å². The first-order valence-electron chi connectivity index (χ1n) is 14.5. The second kappa shape index (κ2) is 17.6. The minimum atomic E-state index is -4.11. The molecule has 0 saturated heterocycles. The van der Waals surface area contributed by atoms with Crippen molar-refractivity contribution in [3.63, 3.8) is 0 Å². The molecule has 0 amide bonds. The summed E-state index contributed by atoms with van der Waals surface area (Å²) in [5.41, 5.74) is 5.89. The van der Waals surface area contributed by atoms with Gasteiger partial charge in [0.2, 0.25) is 15.9 Å². The quantitative estimate of drug-likeness (QED) is 0.115. The summed E-state index contributed by atoms with van der Waals surface area (Å²) in [7, 11) is -4.11. The molecule has 0 aliphatic rings. The number of hydrazine groups is 1. The van der Waals surface area contributed by atoms with Gasteiger partial charge in [-0.1, -0.05) is 46.3 Å². The highest BCUT2D eigenvalue weighted by molar-refractivity contribution is 7.89.